The number of carbonyl (C=O) groups is 2. The number of ether oxygens (including phenoxy) is 1. The van der Waals surface area contributed by atoms with Gasteiger partial charge in [0.2, 0.25) is 0 Å². The number of benzene rings is 1. The van der Waals surface area contributed by atoms with E-state index in [1.54, 1.807) is 26.0 Å². The Kier molecular flexibility index (Phi) is 8.62. The lowest BCUT2D eigenvalue weighted by Gasteiger charge is -2.36. The van der Waals surface area contributed by atoms with Crippen molar-refractivity contribution in [3.63, 3.8) is 0 Å². The molecule has 0 bridgehead atoms. The number of nitrogens with zero attached hydrogens (tertiary/aromatic N) is 3. The smallest absolute Gasteiger partial charge is 0.339 e. The molecule has 2 heterocycles. The molecule has 32 heavy (non-hydrogen) atoms. The number of carbonyl (C=O) groups excluding carboxylic acids is 2. The number of piperazine rings is 1. The molecule has 1 aliphatic rings. The van der Waals surface area contributed by atoms with Crippen LogP contribution in [0, 0.1) is 13.8 Å². The molecule has 0 atom stereocenters. The maximum absolute atomic E-state index is 12.4. The van der Waals surface area contributed by atoms with Crippen LogP contribution in [0.1, 0.15) is 51.9 Å². The van der Waals surface area contributed by atoms with E-state index in [-0.39, 0.29) is 5.91 Å². The first-order valence-electron chi connectivity index (χ1n) is 11.4. The van der Waals surface area contributed by atoms with E-state index in [1.165, 1.54) is 11.3 Å². The molecule has 0 unspecified atom stereocenters. The highest BCUT2D eigenvalue weighted by molar-refractivity contribution is 5.95. The van der Waals surface area contributed by atoms with Crippen molar-refractivity contribution in [2.75, 3.05) is 50.8 Å². The average molecular weight is 439 g/mol. The molecule has 1 amide bonds. The number of hydrogen-bond donors (Lipinski definition) is 1. The highest BCUT2D eigenvalue weighted by atomic mass is 16.5. The summed E-state index contributed by atoms with van der Waals surface area (Å²) in [5.41, 5.74) is 3.83. The van der Waals surface area contributed by atoms with Gasteiger partial charge in [0.15, 0.2) is 0 Å². The van der Waals surface area contributed by atoms with E-state index in [0.29, 0.717) is 30.1 Å². The third-order valence-electron chi connectivity index (χ3n) is 5.74. The van der Waals surface area contributed by atoms with E-state index < -0.39 is 5.97 Å². The Labute approximate surface area is 190 Å². The van der Waals surface area contributed by atoms with Crippen LogP contribution in [-0.2, 0) is 4.74 Å². The number of hydrogen-bond acceptors (Lipinski definition) is 6. The van der Waals surface area contributed by atoms with Gasteiger partial charge in [-0.05, 0) is 70.0 Å². The number of esters is 1. The van der Waals surface area contributed by atoms with Crippen molar-refractivity contribution in [2.45, 2.75) is 33.6 Å². The number of anilines is 1. The molecule has 2 aromatic rings. The number of amides is 1. The third-order valence-corrected chi connectivity index (χ3v) is 5.74. The molecule has 1 aromatic heterocycles. The normalized spacial score (nSPS) is 14.3. The molecular weight excluding hydrogens is 404 g/mol. The molecular formula is C25H34N4O3. The van der Waals surface area contributed by atoms with E-state index >= 15 is 0 Å². The minimum absolute atomic E-state index is 0.213. The van der Waals surface area contributed by atoms with Crippen LogP contribution in [-0.4, -0.2) is 67.6 Å². The highest BCUT2D eigenvalue weighted by Crippen LogP contribution is 2.18. The van der Waals surface area contributed by atoms with E-state index in [2.05, 4.69) is 51.3 Å². The van der Waals surface area contributed by atoms with Gasteiger partial charge < -0.3 is 15.0 Å². The topological polar surface area (TPSA) is 74.8 Å². The molecule has 3 rings (SSSR count). The van der Waals surface area contributed by atoms with Gasteiger partial charge in [-0.1, -0.05) is 12.1 Å². The zero-order chi connectivity index (χ0) is 22.9. The molecule has 0 spiro atoms. The summed E-state index contributed by atoms with van der Waals surface area (Å²) in [6.07, 6.45) is 1.96. The van der Waals surface area contributed by atoms with Crippen molar-refractivity contribution < 1.29 is 14.3 Å². The number of rotatable bonds is 9. The minimum atomic E-state index is -0.413. The van der Waals surface area contributed by atoms with Gasteiger partial charge in [0.05, 0.1) is 17.9 Å². The minimum Gasteiger partial charge on any atom is -0.462 e. The molecule has 1 fully saturated rings. The summed E-state index contributed by atoms with van der Waals surface area (Å²) in [7, 11) is 0. The molecule has 0 radical (unpaired) electrons. The Morgan fingerprint density at radius 3 is 2.53 bits per heavy atom. The van der Waals surface area contributed by atoms with Crippen molar-refractivity contribution in [3.05, 3.63) is 58.9 Å². The Bertz CT molecular complexity index is 923. The van der Waals surface area contributed by atoms with E-state index in [4.69, 9.17) is 4.74 Å². The van der Waals surface area contributed by atoms with Crippen LogP contribution in [0.5, 0.6) is 0 Å². The van der Waals surface area contributed by atoms with Gasteiger partial charge in [-0.25, -0.2) is 9.78 Å². The number of nitrogens with one attached hydrogen (secondary N) is 1. The third kappa shape index (κ3) is 6.53. The van der Waals surface area contributed by atoms with Crippen LogP contribution < -0.4 is 10.2 Å². The average Bonchev–Trinajstić information content (AvgIpc) is 2.79. The molecule has 1 N–H and O–H groups in total. The first-order valence-corrected chi connectivity index (χ1v) is 11.4. The zero-order valence-corrected chi connectivity index (χ0v) is 19.4. The summed E-state index contributed by atoms with van der Waals surface area (Å²) >= 11 is 0. The lowest BCUT2D eigenvalue weighted by atomic mass is 10.1. The predicted octanol–water partition coefficient (Wildman–Crippen LogP) is 3.21. The second-order valence-electron chi connectivity index (χ2n) is 8.18. The van der Waals surface area contributed by atoms with Gasteiger partial charge >= 0.3 is 5.97 Å². The van der Waals surface area contributed by atoms with Gasteiger partial charge in [-0.2, -0.15) is 0 Å². The lowest BCUT2D eigenvalue weighted by molar-refractivity contribution is 0.0524. The first-order chi connectivity index (χ1) is 15.5. The SMILES string of the molecule is CCOC(=O)c1ccc(C(=O)NCCCCN2CCN(c3cccc(C)c3)CC2)nc1C. The Morgan fingerprint density at radius 2 is 1.84 bits per heavy atom. The monoisotopic (exact) mass is 438 g/mol. The van der Waals surface area contributed by atoms with Crippen LogP contribution >= 0.6 is 0 Å². The molecule has 7 heteroatoms. The van der Waals surface area contributed by atoms with Crippen LogP contribution in [0.2, 0.25) is 0 Å². The predicted molar refractivity (Wildman–Crippen MR) is 126 cm³/mol. The number of aromatic nitrogens is 1. The molecule has 0 aliphatic carbocycles. The van der Waals surface area contributed by atoms with E-state index in [0.717, 1.165) is 45.6 Å². The number of unbranched alkanes of at least 4 members (excludes halogenated alkanes) is 1. The molecule has 1 aromatic carbocycles. The molecule has 1 saturated heterocycles. The summed E-state index contributed by atoms with van der Waals surface area (Å²) in [4.78, 5) is 33.4. The van der Waals surface area contributed by atoms with Crippen molar-refractivity contribution >= 4 is 17.6 Å². The maximum Gasteiger partial charge on any atom is 0.339 e. The Morgan fingerprint density at radius 1 is 1.06 bits per heavy atom. The fraction of sp³-hybridized carbons (Fsp3) is 0.480. The quantitative estimate of drug-likeness (QED) is 0.479. The fourth-order valence-electron chi connectivity index (χ4n) is 3.92. The van der Waals surface area contributed by atoms with Gasteiger partial charge in [0, 0.05) is 38.4 Å². The summed E-state index contributed by atoms with van der Waals surface area (Å²) in [5, 5.41) is 2.93. The summed E-state index contributed by atoms with van der Waals surface area (Å²) in [6, 6.07) is 11.9. The van der Waals surface area contributed by atoms with Gasteiger partial charge in [-0.15, -0.1) is 0 Å². The zero-order valence-electron chi connectivity index (χ0n) is 19.4. The van der Waals surface area contributed by atoms with E-state index in [1.807, 2.05) is 0 Å². The first kappa shape index (κ1) is 23.7. The molecule has 0 saturated carbocycles. The van der Waals surface area contributed by atoms with Crippen molar-refractivity contribution in [3.8, 4) is 0 Å². The maximum atomic E-state index is 12.4. The summed E-state index contributed by atoms with van der Waals surface area (Å²) in [6.45, 7) is 11.8. The Hall–Kier alpha value is -2.93. The number of aryl methyl sites for hydroxylation is 2. The fourth-order valence-corrected chi connectivity index (χ4v) is 3.92. The second kappa shape index (κ2) is 11.6. The molecule has 172 valence electrons. The number of pyridine rings is 1. The second-order valence-corrected chi connectivity index (χ2v) is 8.18. The van der Waals surface area contributed by atoms with Crippen molar-refractivity contribution in [1.82, 2.24) is 15.2 Å². The highest BCUT2D eigenvalue weighted by Gasteiger charge is 2.17. The molecule has 7 nitrogen and oxygen atoms in total. The Balaban J connectivity index is 1.34. The van der Waals surface area contributed by atoms with Crippen LogP contribution in [0.4, 0.5) is 5.69 Å². The largest absolute Gasteiger partial charge is 0.462 e. The summed E-state index contributed by atoms with van der Waals surface area (Å²) in [5.74, 6) is -0.626. The van der Waals surface area contributed by atoms with Crippen LogP contribution in [0.3, 0.4) is 0 Å². The summed E-state index contributed by atoms with van der Waals surface area (Å²) < 4.78 is 5.00. The van der Waals surface area contributed by atoms with Crippen LogP contribution in [0.25, 0.3) is 0 Å². The van der Waals surface area contributed by atoms with Crippen molar-refractivity contribution in [1.29, 1.82) is 0 Å². The van der Waals surface area contributed by atoms with Gasteiger partial charge in [0.1, 0.15) is 5.69 Å². The lowest BCUT2D eigenvalue weighted by Crippen LogP contribution is -2.46. The molecule has 1 aliphatic heterocycles. The van der Waals surface area contributed by atoms with Gasteiger partial charge in [-0.3, -0.25) is 9.69 Å². The standard InChI is InChI=1S/C25H34N4O3/c1-4-32-25(31)22-10-11-23(27-20(22)3)24(30)26-12-5-6-13-28-14-16-29(17-15-28)21-9-7-8-19(2)18-21/h7-11,18H,4-6,12-17H2,1-3H3,(H,26,30). The van der Waals surface area contributed by atoms with Crippen LogP contribution in [0.15, 0.2) is 36.4 Å². The van der Waals surface area contributed by atoms with Crippen molar-refractivity contribution in [2.24, 2.45) is 0 Å². The van der Waals surface area contributed by atoms with E-state index in [9.17, 15) is 9.59 Å². The van der Waals surface area contributed by atoms with Gasteiger partial charge in [0.25, 0.3) is 5.91 Å².